The third kappa shape index (κ3) is 3.18. The Morgan fingerprint density at radius 1 is 1.47 bits per heavy atom. The standard InChI is InChI=1S/C15H21BrN2O/c1-10-7-13(5-6-14(10)16)15(19)18-9-12(8-17)4-3-11(18)2/h5-7,11-12H,3-4,8-9,17H2,1-2H3. The van der Waals surface area contributed by atoms with Gasteiger partial charge in [0, 0.05) is 22.6 Å². The molecule has 0 aromatic heterocycles. The van der Waals surface area contributed by atoms with Crippen molar-refractivity contribution in [1.29, 1.82) is 0 Å². The fraction of sp³-hybridized carbons (Fsp3) is 0.533. The predicted octanol–water partition coefficient (Wildman–Crippen LogP) is 2.96. The Morgan fingerprint density at radius 2 is 2.21 bits per heavy atom. The van der Waals surface area contributed by atoms with Crippen LogP contribution >= 0.6 is 15.9 Å². The zero-order valence-electron chi connectivity index (χ0n) is 11.5. The molecule has 2 unspecified atom stereocenters. The first-order chi connectivity index (χ1) is 9.02. The van der Waals surface area contributed by atoms with Crippen LogP contribution in [0.5, 0.6) is 0 Å². The van der Waals surface area contributed by atoms with Gasteiger partial charge in [-0.2, -0.15) is 0 Å². The average Bonchev–Trinajstić information content (AvgIpc) is 2.41. The van der Waals surface area contributed by atoms with E-state index in [1.807, 2.05) is 30.0 Å². The maximum absolute atomic E-state index is 12.6. The molecule has 0 spiro atoms. The molecule has 2 atom stereocenters. The number of carbonyl (C=O) groups excluding carboxylic acids is 1. The Labute approximate surface area is 123 Å². The summed E-state index contributed by atoms with van der Waals surface area (Å²) in [6, 6.07) is 6.08. The first-order valence-corrected chi connectivity index (χ1v) is 7.59. The van der Waals surface area contributed by atoms with Crippen LogP contribution in [0.1, 0.15) is 35.7 Å². The number of aryl methyl sites for hydroxylation is 1. The van der Waals surface area contributed by atoms with E-state index in [9.17, 15) is 4.79 Å². The van der Waals surface area contributed by atoms with Crippen LogP contribution in [-0.2, 0) is 0 Å². The average molecular weight is 325 g/mol. The van der Waals surface area contributed by atoms with Gasteiger partial charge in [-0.05, 0) is 62.9 Å². The fourth-order valence-electron chi connectivity index (χ4n) is 2.60. The minimum Gasteiger partial charge on any atom is -0.336 e. The molecule has 1 saturated heterocycles. The number of rotatable bonds is 2. The Morgan fingerprint density at radius 3 is 2.84 bits per heavy atom. The van der Waals surface area contributed by atoms with Crippen LogP contribution in [0.15, 0.2) is 22.7 Å². The Balaban J connectivity index is 2.19. The number of nitrogens with zero attached hydrogens (tertiary/aromatic N) is 1. The number of piperidine rings is 1. The first-order valence-electron chi connectivity index (χ1n) is 6.80. The van der Waals surface area contributed by atoms with Gasteiger partial charge < -0.3 is 10.6 Å². The van der Waals surface area contributed by atoms with Crippen molar-refractivity contribution in [3.8, 4) is 0 Å². The van der Waals surface area contributed by atoms with Crippen molar-refractivity contribution in [2.24, 2.45) is 11.7 Å². The van der Waals surface area contributed by atoms with Crippen molar-refractivity contribution in [2.45, 2.75) is 32.7 Å². The molecule has 3 nitrogen and oxygen atoms in total. The molecule has 104 valence electrons. The summed E-state index contributed by atoms with van der Waals surface area (Å²) in [5, 5.41) is 0. The van der Waals surface area contributed by atoms with E-state index in [2.05, 4.69) is 22.9 Å². The molecule has 2 rings (SSSR count). The molecule has 0 saturated carbocycles. The molecule has 2 N–H and O–H groups in total. The molecular weight excluding hydrogens is 304 g/mol. The zero-order chi connectivity index (χ0) is 14.0. The maximum Gasteiger partial charge on any atom is 0.254 e. The largest absolute Gasteiger partial charge is 0.336 e. The van der Waals surface area contributed by atoms with Crippen molar-refractivity contribution >= 4 is 21.8 Å². The second-order valence-electron chi connectivity index (χ2n) is 5.45. The van der Waals surface area contributed by atoms with Crippen molar-refractivity contribution < 1.29 is 4.79 Å². The molecule has 4 heteroatoms. The van der Waals surface area contributed by atoms with Gasteiger partial charge in [0.25, 0.3) is 5.91 Å². The lowest BCUT2D eigenvalue weighted by atomic mass is 9.93. The van der Waals surface area contributed by atoms with E-state index >= 15 is 0 Å². The molecule has 1 aliphatic rings. The molecular formula is C15H21BrN2O. The summed E-state index contributed by atoms with van der Waals surface area (Å²) in [7, 11) is 0. The van der Waals surface area contributed by atoms with Crippen molar-refractivity contribution in [2.75, 3.05) is 13.1 Å². The predicted molar refractivity (Wildman–Crippen MR) is 81.2 cm³/mol. The highest BCUT2D eigenvalue weighted by Crippen LogP contribution is 2.24. The van der Waals surface area contributed by atoms with E-state index in [0.29, 0.717) is 18.5 Å². The molecule has 19 heavy (non-hydrogen) atoms. The normalized spacial score (nSPS) is 23.5. The lowest BCUT2D eigenvalue weighted by molar-refractivity contribution is 0.0567. The summed E-state index contributed by atoms with van der Waals surface area (Å²) in [4.78, 5) is 14.6. The number of amides is 1. The van der Waals surface area contributed by atoms with Crippen LogP contribution in [0.2, 0.25) is 0 Å². The maximum atomic E-state index is 12.6. The van der Waals surface area contributed by atoms with Gasteiger partial charge in [-0.25, -0.2) is 0 Å². The van der Waals surface area contributed by atoms with Crippen LogP contribution in [0.4, 0.5) is 0 Å². The highest BCUT2D eigenvalue weighted by Gasteiger charge is 2.28. The summed E-state index contributed by atoms with van der Waals surface area (Å²) in [6.45, 7) is 5.57. The van der Waals surface area contributed by atoms with Crippen molar-refractivity contribution in [3.05, 3.63) is 33.8 Å². The third-order valence-corrected chi connectivity index (χ3v) is 4.87. The number of nitrogens with two attached hydrogens (primary N) is 1. The Hall–Kier alpha value is -0.870. The van der Waals surface area contributed by atoms with Gasteiger partial charge in [0.15, 0.2) is 0 Å². The number of halogens is 1. The number of benzene rings is 1. The van der Waals surface area contributed by atoms with E-state index in [-0.39, 0.29) is 5.91 Å². The van der Waals surface area contributed by atoms with Crippen LogP contribution in [0, 0.1) is 12.8 Å². The van der Waals surface area contributed by atoms with E-state index in [1.165, 1.54) is 0 Å². The topological polar surface area (TPSA) is 46.3 Å². The molecule has 1 aromatic rings. The lowest BCUT2D eigenvalue weighted by Gasteiger charge is -2.37. The number of hydrogen-bond acceptors (Lipinski definition) is 2. The molecule has 1 amide bonds. The Bertz CT molecular complexity index is 475. The van der Waals surface area contributed by atoms with Crippen LogP contribution in [0.25, 0.3) is 0 Å². The molecule has 1 aromatic carbocycles. The van der Waals surface area contributed by atoms with Crippen LogP contribution in [0.3, 0.4) is 0 Å². The van der Waals surface area contributed by atoms with Crippen molar-refractivity contribution in [1.82, 2.24) is 4.90 Å². The van der Waals surface area contributed by atoms with Gasteiger partial charge in [0.1, 0.15) is 0 Å². The SMILES string of the molecule is Cc1cc(C(=O)N2CC(CN)CCC2C)ccc1Br. The van der Waals surface area contributed by atoms with Gasteiger partial charge in [-0.1, -0.05) is 15.9 Å². The molecule has 0 aliphatic carbocycles. The minimum absolute atomic E-state index is 0.126. The fourth-order valence-corrected chi connectivity index (χ4v) is 2.85. The molecule has 0 bridgehead atoms. The third-order valence-electron chi connectivity index (χ3n) is 3.98. The van der Waals surface area contributed by atoms with Crippen LogP contribution in [-0.4, -0.2) is 29.9 Å². The second kappa shape index (κ2) is 6.06. The number of likely N-dealkylation sites (tertiary alicyclic amines) is 1. The van der Waals surface area contributed by atoms with Gasteiger partial charge >= 0.3 is 0 Å². The lowest BCUT2D eigenvalue weighted by Crippen LogP contribution is -2.47. The van der Waals surface area contributed by atoms with Crippen LogP contribution < -0.4 is 5.73 Å². The molecule has 1 heterocycles. The number of hydrogen-bond donors (Lipinski definition) is 1. The van der Waals surface area contributed by atoms with E-state index < -0.39 is 0 Å². The summed E-state index contributed by atoms with van der Waals surface area (Å²) >= 11 is 3.47. The quantitative estimate of drug-likeness (QED) is 0.909. The van der Waals surface area contributed by atoms with E-state index in [4.69, 9.17) is 5.73 Å². The minimum atomic E-state index is 0.126. The first kappa shape index (κ1) is 14.5. The summed E-state index contributed by atoms with van der Waals surface area (Å²) in [6.07, 6.45) is 2.17. The van der Waals surface area contributed by atoms with Gasteiger partial charge in [0.2, 0.25) is 0 Å². The smallest absolute Gasteiger partial charge is 0.254 e. The number of carbonyl (C=O) groups is 1. The van der Waals surface area contributed by atoms with Gasteiger partial charge in [-0.3, -0.25) is 4.79 Å². The highest BCUT2D eigenvalue weighted by atomic mass is 79.9. The molecule has 0 radical (unpaired) electrons. The van der Waals surface area contributed by atoms with E-state index in [1.54, 1.807) is 0 Å². The zero-order valence-corrected chi connectivity index (χ0v) is 13.1. The summed E-state index contributed by atoms with van der Waals surface area (Å²) in [5.74, 6) is 0.568. The van der Waals surface area contributed by atoms with Gasteiger partial charge in [-0.15, -0.1) is 0 Å². The second-order valence-corrected chi connectivity index (χ2v) is 6.30. The molecule has 1 aliphatic heterocycles. The molecule has 1 fully saturated rings. The van der Waals surface area contributed by atoms with Crippen molar-refractivity contribution in [3.63, 3.8) is 0 Å². The highest BCUT2D eigenvalue weighted by molar-refractivity contribution is 9.10. The summed E-state index contributed by atoms with van der Waals surface area (Å²) < 4.78 is 1.04. The Kier molecular flexibility index (Phi) is 4.63. The monoisotopic (exact) mass is 324 g/mol. The van der Waals surface area contributed by atoms with Gasteiger partial charge in [0.05, 0.1) is 0 Å². The van der Waals surface area contributed by atoms with E-state index in [0.717, 1.165) is 35.0 Å². The summed E-state index contributed by atoms with van der Waals surface area (Å²) in [5.41, 5.74) is 7.61.